The molecule has 0 aliphatic heterocycles. The molecule has 144 valence electrons. The predicted molar refractivity (Wildman–Crippen MR) is 101 cm³/mol. The fourth-order valence-corrected chi connectivity index (χ4v) is 4.96. The fourth-order valence-electron chi connectivity index (χ4n) is 4.96. The molecule has 0 bridgehead atoms. The van der Waals surface area contributed by atoms with Crippen molar-refractivity contribution in [2.75, 3.05) is 0 Å². The van der Waals surface area contributed by atoms with E-state index in [0.29, 0.717) is 11.1 Å². The first kappa shape index (κ1) is 18.0. The number of nitrogens with two attached hydrogens (primary N) is 1. The van der Waals surface area contributed by atoms with Gasteiger partial charge in [0.25, 0.3) is 0 Å². The van der Waals surface area contributed by atoms with Gasteiger partial charge in [-0.1, -0.05) is 38.5 Å². The van der Waals surface area contributed by atoms with Crippen LogP contribution in [0.2, 0.25) is 0 Å². The van der Waals surface area contributed by atoms with Crippen molar-refractivity contribution in [1.82, 2.24) is 0 Å². The fraction of sp³-hybridized carbons (Fsp3) is 0.571. The quantitative estimate of drug-likeness (QED) is 0.823. The van der Waals surface area contributed by atoms with E-state index in [-0.39, 0.29) is 17.4 Å². The van der Waals surface area contributed by atoms with Crippen molar-refractivity contribution in [2.24, 2.45) is 5.73 Å². The van der Waals surface area contributed by atoms with Gasteiger partial charge in [0, 0.05) is 11.1 Å². The van der Waals surface area contributed by atoms with E-state index < -0.39 is 17.2 Å². The number of carbonyl (C=O) groups is 1. The molecule has 27 heavy (non-hydrogen) atoms. The van der Waals surface area contributed by atoms with Gasteiger partial charge in [-0.05, 0) is 49.1 Å². The Morgan fingerprint density at radius 3 is 1.89 bits per heavy atom. The summed E-state index contributed by atoms with van der Waals surface area (Å²) in [7, 11) is 0. The van der Waals surface area contributed by atoms with Crippen LogP contribution in [0.5, 0.6) is 0 Å². The SMILES string of the molecule is NC(=O)c1cc2oc(=O)c(=O)oc2c(C2CCCCC2)c1C1CCCCC1. The van der Waals surface area contributed by atoms with E-state index in [1.54, 1.807) is 0 Å². The van der Waals surface area contributed by atoms with E-state index in [4.69, 9.17) is 14.6 Å². The monoisotopic (exact) mass is 371 g/mol. The van der Waals surface area contributed by atoms with Gasteiger partial charge in [0.2, 0.25) is 5.91 Å². The summed E-state index contributed by atoms with van der Waals surface area (Å²) >= 11 is 0. The first-order valence-corrected chi connectivity index (χ1v) is 10.0. The van der Waals surface area contributed by atoms with Gasteiger partial charge in [-0.25, -0.2) is 9.59 Å². The number of hydrogen-bond donors (Lipinski definition) is 1. The maximum absolute atomic E-state index is 12.3. The van der Waals surface area contributed by atoms with Crippen LogP contribution in [-0.4, -0.2) is 5.91 Å². The minimum Gasteiger partial charge on any atom is -0.414 e. The van der Waals surface area contributed by atoms with Crippen LogP contribution in [0.25, 0.3) is 11.2 Å². The maximum Gasteiger partial charge on any atom is 0.423 e. The molecule has 1 heterocycles. The van der Waals surface area contributed by atoms with Crippen LogP contribution in [0, 0.1) is 0 Å². The highest BCUT2D eigenvalue weighted by Crippen LogP contribution is 2.45. The standard InChI is InChI=1S/C21H25NO5/c22-19(23)14-11-15-18(27-21(25)20(24)26-15)17(13-9-5-2-6-10-13)16(14)12-7-3-1-4-8-12/h11-13H,1-10H2,(H2,22,23). The Morgan fingerprint density at radius 2 is 1.33 bits per heavy atom. The van der Waals surface area contributed by atoms with Crippen molar-refractivity contribution in [3.05, 3.63) is 43.6 Å². The van der Waals surface area contributed by atoms with Crippen molar-refractivity contribution in [3.63, 3.8) is 0 Å². The summed E-state index contributed by atoms with van der Waals surface area (Å²) in [6.45, 7) is 0. The van der Waals surface area contributed by atoms with E-state index in [1.807, 2.05) is 0 Å². The van der Waals surface area contributed by atoms with Gasteiger partial charge >= 0.3 is 11.3 Å². The number of amides is 1. The zero-order chi connectivity index (χ0) is 19.0. The third-order valence-electron chi connectivity index (χ3n) is 6.18. The Labute approximate surface area is 156 Å². The van der Waals surface area contributed by atoms with Gasteiger partial charge in [-0.15, -0.1) is 0 Å². The Bertz CT molecular complexity index is 974. The minimum absolute atomic E-state index is 0.147. The molecule has 2 N–H and O–H groups in total. The van der Waals surface area contributed by atoms with Gasteiger partial charge in [-0.2, -0.15) is 0 Å². The van der Waals surface area contributed by atoms with Crippen LogP contribution in [0.3, 0.4) is 0 Å². The number of carbonyl (C=O) groups excluding carboxylic acids is 1. The molecule has 2 fully saturated rings. The Balaban J connectivity index is 2.04. The third-order valence-corrected chi connectivity index (χ3v) is 6.18. The van der Waals surface area contributed by atoms with Crippen LogP contribution >= 0.6 is 0 Å². The van der Waals surface area contributed by atoms with Gasteiger partial charge < -0.3 is 14.6 Å². The van der Waals surface area contributed by atoms with Crippen LogP contribution in [-0.2, 0) is 0 Å². The molecule has 0 unspecified atom stereocenters. The molecule has 4 rings (SSSR count). The van der Waals surface area contributed by atoms with Crippen LogP contribution in [0.15, 0.2) is 24.5 Å². The second-order valence-electron chi connectivity index (χ2n) is 7.89. The molecule has 1 aromatic carbocycles. The predicted octanol–water partition coefficient (Wildman–Crippen LogP) is 3.94. The molecular formula is C21H25NO5. The van der Waals surface area contributed by atoms with Crippen molar-refractivity contribution in [2.45, 2.75) is 76.0 Å². The summed E-state index contributed by atoms with van der Waals surface area (Å²) in [5, 5.41) is 0. The lowest BCUT2D eigenvalue weighted by atomic mass is 9.74. The Hall–Kier alpha value is -2.37. The molecule has 0 saturated heterocycles. The molecule has 0 atom stereocenters. The Kier molecular flexibility index (Phi) is 4.89. The van der Waals surface area contributed by atoms with Gasteiger partial charge in [0.1, 0.15) is 0 Å². The summed E-state index contributed by atoms with van der Waals surface area (Å²) in [5.41, 5.74) is 6.37. The molecule has 0 spiro atoms. The number of benzene rings is 1. The maximum atomic E-state index is 12.3. The number of fused-ring (bicyclic) bond motifs is 1. The Morgan fingerprint density at radius 1 is 0.815 bits per heavy atom. The molecule has 2 aliphatic carbocycles. The molecule has 2 saturated carbocycles. The topological polar surface area (TPSA) is 104 Å². The first-order valence-electron chi connectivity index (χ1n) is 10.0. The molecule has 6 nitrogen and oxygen atoms in total. The zero-order valence-corrected chi connectivity index (χ0v) is 15.4. The molecule has 6 heteroatoms. The third kappa shape index (κ3) is 3.33. The van der Waals surface area contributed by atoms with Crippen LogP contribution < -0.4 is 17.0 Å². The molecule has 1 amide bonds. The smallest absolute Gasteiger partial charge is 0.414 e. The van der Waals surface area contributed by atoms with Crippen LogP contribution in [0.1, 0.15) is 97.5 Å². The normalized spacial score (nSPS) is 19.4. The zero-order valence-electron chi connectivity index (χ0n) is 15.4. The molecule has 1 aromatic heterocycles. The van der Waals surface area contributed by atoms with E-state index >= 15 is 0 Å². The van der Waals surface area contributed by atoms with Gasteiger partial charge in [0.05, 0.1) is 0 Å². The van der Waals surface area contributed by atoms with Crippen molar-refractivity contribution >= 4 is 17.1 Å². The summed E-state index contributed by atoms with van der Waals surface area (Å²) in [6, 6.07) is 1.50. The van der Waals surface area contributed by atoms with Crippen molar-refractivity contribution in [3.8, 4) is 0 Å². The lowest BCUT2D eigenvalue weighted by Gasteiger charge is -2.31. The highest BCUT2D eigenvalue weighted by molar-refractivity contribution is 5.99. The molecular weight excluding hydrogens is 346 g/mol. The average Bonchev–Trinajstić information content (AvgIpc) is 2.69. The summed E-state index contributed by atoms with van der Waals surface area (Å²) in [4.78, 5) is 35.9. The largest absolute Gasteiger partial charge is 0.423 e. The number of hydrogen-bond acceptors (Lipinski definition) is 5. The summed E-state index contributed by atoms with van der Waals surface area (Å²) in [6.07, 6.45) is 10.7. The van der Waals surface area contributed by atoms with Gasteiger partial charge in [-0.3, -0.25) is 4.79 Å². The van der Waals surface area contributed by atoms with E-state index in [9.17, 15) is 14.4 Å². The first-order chi connectivity index (χ1) is 13.1. The van der Waals surface area contributed by atoms with Crippen LogP contribution in [0.4, 0.5) is 0 Å². The van der Waals surface area contributed by atoms with E-state index in [0.717, 1.165) is 62.5 Å². The van der Waals surface area contributed by atoms with Crippen molar-refractivity contribution < 1.29 is 13.6 Å². The second-order valence-corrected chi connectivity index (χ2v) is 7.89. The molecule has 2 aromatic rings. The minimum atomic E-state index is -1.06. The summed E-state index contributed by atoms with van der Waals surface area (Å²) in [5.74, 6) is -0.114. The van der Waals surface area contributed by atoms with E-state index in [1.165, 1.54) is 18.9 Å². The summed E-state index contributed by atoms with van der Waals surface area (Å²) < 4.78 is 10.6. The van der Waals surface area contributed by atoms with E-state index in [2.05, 4.69) is 0 Å². The highest BCUT2D eigenvalue weighted by atomic mass is 16.5. The van der Waals surface area contributed by atoms with Gasteiger partial charge in [0.15, 0.2) is 11.2 Å². The average molecular weight is 371 g/mol. The molecule has 0 radical (unpaired) electrons. The van der Waals surface area contributed by atoms with Crippen molar-refractivity contribution in [1.29, 1.82) is 0 Å². The number of primary amides is 1. The lowest BCUT2D eigenvalue weighted by molar-refractivity contribution is 0.0998. The highest BCUT2D eigenvalue weighted by Gasteiger charge is 2.31. The number of rotatable bonds is 3. The lowest BCUT2D eigenvalue weighted by Crippen LogP contribution is -2.24. The second kappa shape index (κ2) is 7.33. The molecule has 2 aliphatic rings.